The van der Waals surface area contributed by atoms with Crippen molar-refractivity contribution in [1.82, 2.24) is 15.2 Å². The maximum Gasteiger partial charge on any atom is 0.249 e. The molecule has 0 bridgehead atoms. The average molecular weight is 370 g/mol. The average Bonchev–Trinajstić information content (AvgIpc) is 2.53. The number of aryl methyl sites for hydroxylation is 2. The number of aromatic nitrogens is 3. The summed E-state index contributed by atoms with van der Waals surface area (Å²) in [6.45, 7) is 4.08. The van der Waals surface area contributed by atoms with Gasteiger partial charge in [0.1, 0.15) is 0 Å². The maximum atomic E-state index is 4.44. The Morgan fingerprint density at radius 3 is 2.48 bits per heavy atom. The van der Waals surface area contributed by atoms with E-state index in [0.717, 1.165) is 21.4 Å². The van der Waals surface area contributed by atoms with Crippen LogP contribution in [0.4, 0.5) is 23.1 Å². The molecule has 2 aromatic carbocycles. The lowest BCUT2D eigenvalue weighted by atomic mass is 10.2. The number of rotatable bonds is 4. The molecule has 3 aromatic rings. The fourth-order valence-electron chi connectivity index (χ4n) is 2.09. The monoisotopic (exact) mass is 369 g/mol. The first-order chi connectivity index (χ1) is 11.1. The Labute approximate surface area is 143 Å². The summed E-state index contributed by atoms with van der Waals surface area (Å²) >= 11 is 3.45. The molecule has 0 saturated carbocycles. The topological polar surface area (TPSA) is 62.7 Å². The number of anilines is 4. The summed E-state index contributed by atoms with van der Waals surface area (Å²) in [5.41, 5.74) is 4.22. The van der Waals surface area contributed by atoms with Crippen LogP contribution in [0.3, 0.4) is 0 Å². The Morgan fingerprint density at radius 1 is 0.957 bits per heavy atom. The zero-order valence-electron chi connectivity index (χ0n) is 12.8. The van der Waals surface area contributed by atoms with E-state index in [9.17, 15) is 0 Å². The van der Waals surface area contributed by atoms with Gasteiger partial charge in [-0.05, 0) is 49.7 Å². The number of hydrogen-bond donors (Lipinski definition) is 2. The lowest BCUT2D eigenvalue weighted by molar-refractivity contribution is 0.981. The van der Waals surface area contributed by atoms with E-state index in [0.29, 0.717) is 11.8 Å². The van der Waals surface area contributed by atoms with Crippen molar-refractivity contribution >= 4 is 39.1 Å². The fraction of sp³-hybridized carbons (Fsp3) is 0.118. The van der Waals surface area contributed by atoms with Crippen LogP contribution in [0.15, 0.2) is 53.1 Å². The summed E-state index contributed by atoms with van der Waals surface area (Å²) in [5.74, 6) is 1.09. The minimum Gasteiger partial charge on any atom is -0.339 e. The lowest BCUT2D eigenvalue weighted by Crippen LogP contribution is -2.03. The fourth-order valence-corrected chi connectivity index (χ4v) is 2.56. The second-order valence-electron chi connectivity index (χ2n) is 5.24. The van der Waals surface area contributed by atoms with Gasteiger partial charge in [0.2, 0.25) is 5.95 Å². The van der Waals surface area contributed by atoms with Crippen molar-refractivity contribution in [2.75, 3.05) is 10.6 Å². The quantitative estimate of drug-likeness (QED) is 0.695. The molecule has 116 valence electrons. The second-order valence-corrected chi connectivity index (χ2v) is 6.16. The van der Waals surface area contributed by atoms with Crippen molar-refractivity contribution in [3.63, 3.8) is 0 Å². The van der Waals surface area contributed by atoms with E-state index in [2.05, 4.69) is 48.7 Å². The van der Waals surface area contributed by atoms with Crippen LogP contribution in [0.1, 0.15) is 11.1 Å². The van der Waals surface area contributed by atoms with Crippen LogP contribution in [0, 0.1) is 13.8 Å². The first kappa shape index (κ1) is 15.4. The number of nitrogens with zero attached hydrogens (tertiary/aromatic N) is 3. The molecule has 2 N–H and O–H groups in total. The van der Waals surface area contributed by atoms with E-state index in [-0.39, 0.29) is 0 Å². The van der Waals surface area contributed by atoms with E-state index < -0.39 is 0 Å². The molecule has 5 nitrogen and oxygen atoms in total. The first-order valence-electron chi connectivity index (χ1n) is 7.17. The molecular weight excluding hydrogens is 354 g/mol. The van der Waals surface area contributed by atoms with Gasteiger partial charge in [-0.1, -0.05) is 33.6 Å². The SMILES string of the molecule is Cc1ccc(Nc2cnnc(Nc3ccc(Br)cc3C)n2)cc1. The third-order valence-corrected chi connectivity index (χ3v) is 3.81. The molecule has 6 heteroatoms. The largest absolute Gasteiger partial charge is 0.339 e. The molecule has 1 heterocycles. The highest BCUT2D eigenvalue weighted by atomic mass is 79.9. The summed E-state index contributed by atoms with van der Waals surface area (Å²) < 4.78 is 1.04. The molecule has 0 aliphatic carbocycles. The predicted octanol–water partition coefficient (Wildman–Crippen LogP) is 4.74. The van der Waals surface area contributed by atoms with Gasteiger partial charge in [0.15, 0.2) is 5.82 Å². The van der Waals surface area contributed by atoms with Crippen molar-refractivity contribution in [1.29, 1.82) is 0 Å². The van der Waals surface area contributed by atoms with Gasteiger partial charge in [0, 0.05) is 15.8 Å². The molecule has 0 radical (unpaired) electrons. The van der Waals surface area contributed by atoms with E-state index in [4.69, 9.17) is 0 Å². The normalized spacial score (nSPS) is 10.4. The van der Waals surface area contributed by atoms with Gasteiger partial charge in [-0.25, -0.2) is 0 Å². The Bertz CT molecular complexity index is 817. The minimum absolute atomic E-state index is 0.451. The Hall–Kier alpha value is -2.47. The third kappa shape index (κ3) is 4.04. The van der Waals surface area contributed by atoms with E-state index >= 15 is 0 Å². The van der Waals surface area contributed by atoms with Crippen LogP contribution in [0.5, 0.6) is 0 Å². The number of hydrogen-bond acceptors (Lipinski definition) is 5. The highest BCUT2D eigenvalue weighted by Gasteiger charge is 2.04. The predicted molar refractivity (Wildman–Crippen MR) is 96.5 cm³/mol. The summed E-state index contributed by atoms with van der Waals surface area (Å²) in [6, 6.07) is 14.1. The number of benzene rings is 2. The highest BCUT2D eigenvalue weighted by Crippen LogP contribution is 2.23. The van der Waals surface area contributed by atoms with Crippen LogP contribution < -0.4 is 10.6 Å². The van der Waals surface area contributed by atoms with Gasteiger partial charge in [0.25, 0.3) is 0 Å². The van der Waals surface area contributed by atoms with Gasteiger partial charge < -0.3 is 10.6 Å². The summed E-state index contributed by atoms with van der Waals surface area (Å²) in [4.78, 5) is 4.44. The van der Waals surface area contributed by atoms with Gasteiger partial charge in [-0.2, -0.15) is 10.1 Å². The molecule has 23 heavy (non-hydrogen) atoms. The van der Waals surface area contributed by atoms with E-state index in [1.165, 1.54) is 5.56 Å². The van der Waals surface area contributed by atoms with Crippen LogP contribution in [-0.2, 0) is 0 Å². The number of halogens is 1. The van der Waals surface area contributed by atoms with Crippen molar-refractivity contribution in [3.05, 3.63) is 64.3 Å². The van der Waals surface area contributed by atoms with Crippen molar-refractivity contribution in [3.8, 4) is 0 Å². The Morgan fingerprint density at radius 2 is 1.74 bits per heavy atom. The standard InChI is InChI=1S/C17H16BrN5/c1-11-3-6-14(7-4-11)20-16-10-19-23-17(22-16)21-15-8-5-13(18)9-12(15)2/h3-10H,1-2H3,(H2,20,21,22,23). The second kappa shape index (κ2) is 6.75. The molecular formula is C17H16BrN5. The highest BCUT2D eigenvalue weighted by molar-refractivity contribution is 9.10. The molecule has 1 aromatic heterocycles. The van der Waals surface area contributed by atoms with E-state index in [1.54, 1.807) is 6.20 Å². The first-order valence-corrected chi connectivity index (χ1v) is 7.96. The zero-order chi connectivity index (χ0) is 16.2. The molecule has 0 atom stereocenters. The molecule has 0 aliphatic rings. The third-order valence-electron chi connectivity index (χ3n) is 3.32. The van der Waals surface area contributed by atoms with Crippen molar-refractivity contribution < 1.29 is 0 Å². The maximum absolute atomic E-state index is 4.44. The van der Waals surface area contributed by atoms with Gasteiger partial charge in [-0.3, -0.25) is 0 Å². The van der Waals surface area contributed by atoms with E-state index in [1.807, 2.05) is 49.4 Å². The summed E-state index contributed by atoms with van der Waals surface area (Å²) in [6.07, 6.45) is 1.60. The Balaban J connectivity index is 1.78. The molecule has 0 unspecified atom stereocenters. The molecule has 0 amide bonds. The Kier molecular flexibility index (Phi) is 4.52. The minimum atomic E-state index is 0.451. The summed E-state index contributed by atoms with van der Waals surface area (Å²) in [7, 11) is 0. The molecule has 0 aliphatic heterocycles. The smallest absolute Gasteiger partial charge is 0.249 e. The van der Waals surface area contributed by atoms with Gasteiger partial charge in [-0.15, -0.1) is 5.10 Å². The molecule has 3 rings (SSSR count). The zero-order valence-corrected chi connectivity index (χ0v) is 14.4. The van der Waals surface area contributed by atoms with Crippen LogP contribution in [0.2, 0.25) is 0 Å². The number of nitrogens with one attached hydrogen (secondary N) is 2. The van der Waals surface area contributed by atoms with Gasteiger partial charge in [0.05, 0.1) is 6.20 Å². The summed E-state index contributed by atoms with van der Waals surface area (Å²) in [5, 5.41) is 14.4. The molecule has 0 saturated heterocycles. The van der Waals surface area contributed by atoms with Crippen molar-refractivity contribution in [2.45, 2.75) is 13.8 Å². The molecule has 0 spiro atoms. The van der Waals surface area contributed by atoms with Crippen LogP contribution >= 0.6 is 15.9 Å². The molecule has 0 fully saturated rings. The van der Waals surface area contributed by atoms with Gasteiger partial charge >= 0.3 is 0 Å². The van der Waals surface area contributed by atoms with Crippen LogP contribution in [0.25, 0.3) is 0 Å². The lowest BCUT2D eigenvalue weighted by Gasteiger charge is -2.10. The van der Waals surface area contributed by atoms with Crippen molar-refractivity contribution in [2.24, 2.45) is 0 Å². The van der Waals surface area contributed by atoms with Crippen LogP contribution in [-0.4, -0.2) is 15.2 Å².